The molecule has 0 saturated carbocycles. The number of nitrogens with zero attached hydrogens (tertiary/aromatic N) is 3. The van der Waals surface area contributed by atoms with Gasteiger partial charge in [0.05, 0.1) is 6.04 Å². The average Bonchev–Trinajstić information content (AvgIpc) is 3.01. The highest BCUT2D eigenvalue weighted by molar-refractivity contribution is 5.99. The number of unbranched alkanes of at least 4 members (excludes halogenated alkanes) is 1. The molecule has 1 unspecified atom stereocenters. The van der Waals surface area contributed by atoms with Crippen molar-refractivity contribution in [2.45, 2.75) is 31.7 Å². The van der Waals surface area contributed by atoms with Crippen molar-refractivity contribution >= 4 is 30.0 Å². The molecule has 0 radical (unpaired) electrons. The van der Waals surface area contributed by atoms with Gasteiger partial charge < -0.3 is 14.9 Å². The quantitative estimate of drug-likeness (QED) is 0.733. The van der Waals surface area contributed by atoms with E-state index in [2.05, 4.69) is 9.80 Å². The van der Waals surface area contributed by atoms with Gasteiger partial charge in [0.2, 0.25) is 5.91 Å². The third-order valence-electron chi connectivity index (χ3n) is 5.21. The maximum Gasteiger partial charge on any atom is 0.303 e. The van der Waals surface area contributed by atoms with Crippen LogP contribution in [0, 0.1) is 0 Å². The number of aliphatic carboxylic acids is 1. The molecule has 0 aromatic heterocycles. The van der Waals surface area contributed by atoms with Gasteiger partial charge in [-0.05, 0) is 37.9 Å². The number of hydrogen-bond acceptors (Lipinski definition) is 4. The topological polar surface area (TPSA) is 64.1 Å². The van der Waals surface area contributed by atoms with Crippen LogP contribution in [0.5, 0.6) is 0 Å². The summed E-state index contributed by atoms with van der Waals surface area (Å²) in [7, 11) is 0. The molecule has 1 aromatic carbocycles. The lowest BCUT2D eigenvalue weighted by molar-refractivity contribution is -0.137. The van der Waals surface area contributed by atoms with Gasteiger partial charge in [-0.2, -0.15) is 0 Å². The number of benzene rings is 1. The number of para-hydroxylation sites is 1. The molecule has 7 heteroatoms. The van der Waals surface area contributed by atoms with Crippen LogP contribution in [0.4, 0.5) is 5.69 Å². The fourth-order valence-electron chi connectivity index (χ4n) is 3.78. The Morgan fingerprint density at radius 3 is 2.38 bits per heavy atom. The molecule has 1 amide bonds. The van der Waals surface area contributed by atoms with Gasteiger partial charge in [0.25, 0.3) is 0 Å². The first-order valence-corrected chi connectivity index (χ1v) is 9.20. The van der Waals surface area contributed by atoms with Gasteiger partial charge in [0.15, 0.2) is 0 Å². The summed E-state index contributed by atoms with van der Waals surface area (Å²) in [5, 5.41) is 8.68. The second-order valence-electron chi connectivity index (χ2n) is 6.86. The number of halogens is 1. The molecule has 0 spiro atoms. The van der Waals surface area contributed by atoms with Crippen molar-refractivity contribution in [2.24, 2.45) is 0 Å². The SMILES string of the molecule is Cl.O=C(O)CCCCN1CCN(C2CCN(c3ccccc3)C2=O)CC1. The minimum absolute atomic E-state index is 0. The van der Waals surface area contributed by atoms with Crippen LogP contribution >= 0.6 is 12.4 Å². The number of carbonyl (C=O) groups excluding carboxylic acids is 1. The van der Waals surface area contributed by atoms with Gasteiger partial charge in [-0.25, -0.2) is 0 Å². The Morgan fingerprint density at radius 1 is 1.04 bits per heavy atom. The summed E-state index contributed by atoms with van der Waals surface area (Å²) in [6, 6.07) is 9.91. The van der Waals surface area contributed by atoms with E-state index in [1.807, 2.05) is 35.2 Å². The second-order valence-corrected chi connectivity index (χ2v) is 6.86. The molecule has 3 rings (SSSR count). The average molecular weight is 382 g/mol. The molecule has 1 atom stereocenters. The smallest absolute Gasteiger partial charge is 0.303 e. The van der Waals surface area contributed by atoms with E-state index >= 15 is 0 Å². The van der Waals surface area contributed by atoms with Crippen molar-refractivity contribution in [1.29, 1.82) is 0 Å². The minimum atomic E-state index is -0.715. The molecular formula is C19H28ClN3O3. The maximum absolute atomic E-state index is 12.8. The van der Waals surface area contributed by atoms with Crippen molar-refractivity contribution in [3.05, 3.63) is 30.3 Å². The summed E-state index contributed by atoms with van der Waals surface area (Å²) in [4.78, 5) is 29.9. The van der Waals surface area contributed by atoms with Crippen LogP contribution < -0.4 is 4.90 Å². The zero-order valence-electron chi connectivity index (χ0n) is 15.0. The molecule has 2 aliphatic rings. The normalized spacial score (nSPS) is 21.6. The van der Waals surface area contributed by atoms with E-state index in [4.69, 9.17) is 5.11 Å². The third-order valence-corrected chi connectivity index (χ3v) is 5.21. The molecular weight excluding hydrogens is 354 g/mol. The Hall–Kier alpha value is -1.63. The van der Waals surface area contributed by atoms with Crippen LogP contribution in [0.25, 0.3) is 0 Å². The van der Waals surface area contributed by atoms with Crippen molar-refractivity contribution < 1.29 is 14.7 Å². The van der Waals surface area contributed by atoms with E-state index in [0.717, 1.165) is 64.2 Å². The van der Waals surface area contributed by atoms with Crippen LogP contribution in [0.1, 0.15) is 25.7 Å². The molecule has 0 bridgehead atoms. The summed E-state index contributed by atoms with van der Waals surface area (Å²) in [6.07, 6.45) is 2.82. The minimum Gasteiger partial charge on any atom is -0.481 e. The first kappa shape index (κ1) is 20.7. The highest BCUT2D eigenvalue weighted by Gasteiger charge is 2.37. The molecule has 2 aliphatic heterocycles. The number of carboxylic acid groups (broad SMARTS) is 1. The van der Waals surface area contributed by atoms with Gasteiger partial charge in [-0.3, -0.25) is 14.5 Å². The highest BCUT2D eigenvalue weighted by Crippen LogP contribution is 2.24. The Labute approximate surface area is 161 Å². The predicted molar refractivity (Wildman–Crippen MR) is 104 cm³/mol. The molecule has 6 nitrogen and oxygen atoms in total. The van der Waals surface area contributed by atoms with Crippen molar-refractivity contribution in [1.82, 2.24) is 9.80 Å². The zero-order chi connectivity index (χ0) is 17.6. The lowest BCUT2D eigenvalue weighted by atomic mass is 10.1. The monoisotopic (exact) mass is 381 g/mol. The van der Waals surface area contributed by atoms with Crippen LogP contribution in [-0.2, 0) is 9.59 Å². The molecule has 2 fully saturated rings. The Morgan fingerprint density at radius 2 is 1.73 bits per heavy atom. The van der Waals surface area contributed by atoms with Gasteiger partial charge in [-0.15, -0.1) is 12.4 Å². The van der Waals surface area contributed by atoms with Gasteiger partial charge in [0, 0.05) is 44.8 Å². The van der Waals surface area contributed by atoms with Crippen LogP contribution in [-0.4, -0.2) is 72.1 Å². The number of amides is 1. The van der Waals surface area contributed by atoms with Crippen molar-refractivity contribution in [3.63, 3.8) is 0 Å². The molecule has 2 saturated heterocycles. The maximum atomic E-state index is 12.8. The second kappa shape index (κ2) is 9.90. The van der Waals surface area contributed by atoms with E-state index in [0.29, 0.717) is 0 Å². The largest absolute Gasteiger partial charge is 0.481 e. The first-order valence-electron chi connectivity index (χ1n) is 9.20. The summed E-state index contributed by atoms with van der Waals surface area (Å²) >= 11 is 0. The van der Waals surface area contributed by atoms with Crippen LogP contribution in [0.15, 0.2) is 30.3 Å². The summed E-state index contributed by atoms with van der Waals surface area (Å²) < 4.78 is 0. The van der Waals surface area contributed by atoms with E-state index in [9.17, 15) is 9.59 Å². The van der Waals surface area contributed by atoms with Crippen LogP contribution in [0.2, 0.25) is 0 Å². The molecule has 0 aliphatic carbocycles. The lowest BCUT2D eigenvalue weighted by Gasteiger charge is -2.37. The fraction of sp³-hybridized carbons (Fsp3) is 0.579. The summed E-state index contributed by atoms with van der Waals surface area (Å²) in [5.74, 6) is -0.492. The number of anilines is 1. The van der Waals surface area contributed by atoms with Crippen LogP contribution in [0.3, 0.4) is 0 Å². The number of rotatable bonds is 7. The molecule has 144 valence electrons. The van der Waals surface area contributed by atoms with Crippen molar-refractivity contribution in [2.75, 3.05) is 44.2 Å². The molecule has 1 aromatic rings. The first-order chi connectivity index (χ1) is 12.1. The molecule has 26 heavy (non-hydrogen) atoms. The number of hydrogen-bond donors (Lipinski definition) is 1. The van der Waals surface area contributed by atoms with E-state index in [1.54, 1.807) is 0 Å². The number of carbonyl (C=O) groups is 2. The van der Waals surface area contributed by atoms with E-state index < -0.39 is 5.97 Å². The third kappa shape index (κ3) is 5.19. The van der Waals surface area contributed by atoms with E-state index in [-0.39, 0.29) is 30.8 Å². The number of carboxylic acids is 1. The molecule has 1 N–H and O–H groups in total. The zero-order valence-corrected chi connectivity index (χ0v) is 15.9. The lowest BCUT2D eigenvalue weighted by Crippen LogP contribution is -2.52. The highest BCUT2D eigenvalue weighted by atomic mass is 35.5. The molecule has 2 heterocycles. The Kier molecular flexibility index (Phi) is 7.87. The van der Waals surface area contributed by atoms with Crippen molar-refractivity contribution in [3.8, 4) is 0 Å². The number of piperazine rings is 1. The fourth-order valence-corrected chi connectivity index (χ4v) is 3.78. The Bertz CT molecular complexity index is 591. The van der Waals surface area contributed by atoms with Gasteiger partial charge >= 0.3 is 5.97 Å². The summed E-state index contributed by atoms with van der Waals surface area (Å²) in [6.45, 7) is 5.50. The van der Waals surface area contributed by atoms with Gasteiger partial charge in [-0.1, -0.05) is 18.2 Å². The Balaban J connectivity index is 0.00000243. The van der Waals surface area contributed by atoms with E-state index in [1.165, 1.54) is 0 Å². The predicted octanol–water partition coefficient (Wildman–Crippen LogP) is 2.09. The standard InChI is InChI=1S/C19H27N3O3.ClH/c23-18(24)8-4-5-10-20-12-14-21(15-13-20)17-9-11-22(19(17)25)16-6-2-1-3-7-16;/h1-3,6-7,17H,4-5,8-15H2,(H,23,24);1H. The van der Waals surface area contributed by atoms with Gasteiger partial charge in [0.1, 0.15) is 0 Å². The summed E-state index contributed by atoms with van der Waals surface area (Å²) in [5.41, 5.74) is 0.993.